The molecule has 3 nitrogen and oxygen atoms in total. The Morgan fingerprint density at radius 3 is 2.73 bits per heavy atom. The summed E-state index contributed by atoms with van der Waals surface area (Å²) >= 11 is 0. The Morgan fingerprint density at radius 1 is 1.53 bits per heavy atom. The molecular formula is C10H18F2N2O. The predicted octanol–water partition coefficient (Wildman–Crippen LogP) is 1.13. The number of amides is 1. The lowest BCUT2D eigenvalue weighted by molar-refractivity contribution is -0.127. The van der Waals surface area contributed by atoms with Gasteiger partial charge in [-0.1, -0.05) is 6.92 Å². The minimum Gasteiger partial charge on any atom is -0.350 e. The van der Waals surface area contributed by atoms with Crippen LogP contribution in [0.4, 0.5) is 8.78 Å². The van der Waals surface area contributed by atoms with Gasteiger partial charge < -0.3 is 11.1 Å². The topological polar surface area (TPSA) is 55.1 Å². The highest BCUT2D eigenvalue weighted by Gasteiger charge is 2.29. The average molecular weight is 220 g/mol. The van der Waals surface area contributed by atoms with Gasteiger partial charge in [-0.3, -0.25) is 4.79 Å². The molecule has 1 fully saturated rings. The summed E-state index contributed by atoms with van der Waals surface area (Å²) in [7, 11) is 0. The number of alkyl halides is 2. The van der Waals surface area contributed by atoms with Gasteiger partial charge in [0.25, 0.3) is 6.43 Å². The van der Waals surface area contributed by atoms with Crippen molar-refractivity contribution in [2.45, 2.75) is 38.7 Å². The maximum atomic E-state index is 11.9. The molecule has 1 aliphatic rings. The summed E-state index contributed by atoms with van der Waals surface area (Å²) in [5.74, 6) is -0.103. The first-order valence-corrected chi connectivity index (χ1v) is 5.32. The lowest BCUT2D eigenvalue weighted by Gasteiger charge is -2.30. The number of carbonyl (C=O) groups is 1. The third-order valence-electron chi connectivity index (χ3n) is 3.04. The van der Waals surface area contributed by atoms with E-state index in [2.05, 4.69) is 5.32 Å². The van der Waals surface area contributed by atoms with E-state index in [1.54, 1.807) is 0 Å². The minimum absolute atomic E-state index is 0.140. The van der Waals surface area contributed by atoms with E-state index in [4.69, 9.17) is 5.73 Å². The van der Waals surface area contributed by atoms with E-state index < -0.39 is 13.0 Å². The highest BCUT2D eigenvalue weighted by molar-refractivity contribution is 5.78. The van der Waals surface area contributed by atoms with Crippen LogP contribution in [0, 0.1) is 11.8 Å². The fourth-order valence-corrected chi connectivity index (χ4v) is 1.98. The van der Waals surface area contributed by atoms with Gasteiger partial charge in [-0.05, 0) is 25.2 Å². The molecule has 0 bridgehead atoms. The molecule has 1 amide bonds. The first-order valence-electron chi connectivity index (χ1n) is 5.32. The number of hydrogen-bond donors (Lipinski definition) is 2. The summed E-state index contributed by atoms with van der Waals surface area (Å²) in [6, 6.07) is 0.143. The van der Waals surface area contributed by atoms with Gasteiger partial charge in [0.05, 0.1) is 6.54 Å². The molecule has 3 unspecified atom stereocenters. The van der Waals surface area contributed by atoms with Gasteiger partial charge in [-0.15, -0.1) is 0 Å². The molecule has 3 N–H and O–H groups in total. The predicted molar refractivity (Wildman–Crippen MR) is 53.5 cm³/mol. The van der Waals surface area contributed by atoms with E-state index in [0.717, 1.165) is 6.42 Å². The van der Waals surface area contributed by atoms with Crippen molar-refractivity contribution in [3.63, 3.8) is 0 Å². The molecule has 0 radical (unpaired) electrons. The van der Waals surface area contributed by atoms with Gasteiger partial charge in [-0.2, -0.15) is 0 Å². The molecule has 88 valence electrons. The summed E-state index contributed by atoms with van der Waals surface area (Å²) < 4.78 is 23.7. The standard InChI is InChI=1S/C10H18F2N2O/c1-6-4-7(2-3-8(6)13)10(15)14-5-9(11)12/h6-9H,2-5,13H2,1H3,(H,14,15). The maximum absolute atomic E-state index is 11.9. The molecule has 1 rings (SSSR count). The lowest BCUT2D eigenvalue weighted by Crippen LogP contribution is -2.41. The van der Waals surface area contributed by atoms with E-state index in [-0.39, 0.29) is 17.9 Å². The Kier molecular flexibility index (Phi) is 4.45. The number of rotatable bonds is 3. The van der Waals surface area contributed by atoms with Crippen LogP contribution in [0.3, 0.4) is 0 Å². The molecule has 0 spiro atoms. The monoisotopic (exact) mass is 220 g/mol. The molecule has 0 heterocycles. The molecule has 0 saturated heterocycles. The lowest BCUT2D eigenvalue weighted by atomic mass is 9.79. The van der Waals surface area contributed by atoms with Crippen LogP contribution in [0.2, 0.25) is 0 Å². The number of nitrogens with one attached hydrogen (secondary N) is 1. The smallest absolute Gasteiger partial charge is 0.255 e. The van der Waals surface area contributed by atoms with E-state index in [1.807, 2.05) is 6.92 Å². The van der Waals surface area contributed by atoms with Gasteiger partial charge in [-0.25, -0.2) is 8.78 Å². The van der Waals surface area contributed by atoms with Crippen molar-refractivity contribution >= 4 is 5.91 Å². The van der Waals surface area contributed by atoms with Crippen molar-refractivity contribution in [2.24, 2.45) is 17.6 Å². The molecule has 15 heavy (non-hydrogen) atoms. The molecule has 0 aromatic rings. The van der Waals surface area contributed by atoms with E-state index in [0.29, 0.717) is 18.8 Å². The maximum Gasteiger partial charge on any atom is 0.255 e. The Labute approximate surface area is 88.4 Å². The normalized spacial score (nSPS) is 31.7. The van der Waals surface area contributed by atoms with Gasteiger partial charge in [0.15, 0.2) is 0 Å². The fourth-order valence-electron chi connectivity index (χ4n) is 1.98. The minimum atomic E-state index is -2.47. The van der Waals surface area contributed by atoms with Crippen molar-refractivity contribution in [2.75, 3.05) is 6.54 Å². The van der Waals surface area contributed by atoms with Crippen LogP contribution >= 0.6 is 0 Å². The second-order valence-electron chi connectivity index (χ2n) is 4.29. The first-order chi connectivity index (χ1) is 7.00. The van der Waals surface area contributed by atoms with Gasteiger partial charge in [0.1, 0.15) is 0 Å². The number of halogens is 2. The van der Waals surface area contributed by atoms with Crippen LogP contribution in [0.25, 0.3) is 0 Å². The quantitative estimate of drug-likeness (QED) is 0.749. The molecule has 0 aromatic carbocycles. The summed E-state index contributed by atoms with van der Waals surface area (Å²) in [5, 5.41) is 2.26. The molecule has 0 aromatic heterocycles. The van der Waals surface area contributed by atoms with Crippen molar-refractivity contribution in [3.8, 4) is 0 Å². The Hall–Kier alpha value is -0.710. The molecule has 1 saturated carbocycles. The number of hydrogen-bond acceptors (Lipinski definition) is 2. The number of nitrogens with two attached hydrogens (primary N) is 1. The zero-order chi connectivity index (χ0) is 11.4. The van der Waals surface area contributed by atoms with Crippen molar-refractivity contribution in [1.82, 2.24) is 5.32 Å². The fraction of sp³-hybridized carbons (Fsp3) is 0.900. The summed E-state index contributed by atoms with van der Waals surface area (Å²) in [6.07, 6.45) is -0.262. The second-order valence-corrected chi connectivity index (χ2v) is 4.29. The van der Waals surface area contributed by atoms with Crippen LogP contribution in [-0.2, 0) is 4.79 Å². The Bertz CT molecular complexity index is 223. The summed E-state index contributed by atoms with van der Waals surface area (Å²) in [6.45, 7) is 1.45. The van der Waals surface area contributed by atoms with E-state index in [1.165, 1.54) is 0 Å². The van der Waals surface area contributed by atoms with Crippen LogP contribution in [-0.4, -0.2) is 24.9 Å². The van der Waals surface area contributed by atoms with Gasteiger partial charge in [0.2, 0.25) is 5.91 Å². The Balaban J connectivity index is 2.34. The third kappa shape index (κ3) is 3.74. The van der Waals surface area contributed by atoms with Crippen LogP contribution in [0.1, 0.15) is 26.2 Å². The van der Waals surface area contributed by atoms with E-state index in [9.17, 15) is 13.6 Å². The van der Waals surface area contributed by atoms with Crippen LogP contribution in [0.15, 0.2) is 0 Å². The zero-order valence-corrected chi connectivity index (χ0v) is 8.88. The second kappa shape index (κ2) is 5.39. The van der Waals surface area contributed by atoms with Gasteiger partial charge >= 0.3 is 0 Å². The largest absolute Gasteiger partial charge is 0.350 e. The SMILES string of the molecule is CC1CC(C(=O)NCC(F)F)CCC1N. The Morgan fingerprint density at radius 2 is 2.20 bits per heavy atom. The highest BCUT2D eigenvalue weighted by Crippen LogP contribution is 2.27. The number of carbonyl (C=O) groups excluding carboxylic acids is 1. The molecule has 0 aliphatic heterocycles. The zero-order valence-electron chi connectivity index (χ0n) is 8.88. The van der Waals surface area contributed by atoms with Gasteiger partial charge in [0, 0.05) is 12.0 Å². The molecular weight excluding hydrogens is 202 g/mol. The first kappa shape index (κ1) is 12.4. The molecule has 3 atom stereocenters. The molecule has 1 aliphatic carbocycles. The average Bonchev–Trinajstić information content (AvgIpc) is 2.18. The molecule has 5 heteroatoms. The van der Waals surface area contributed by atoms with E-state index >= 15 is 0 Å². The van der Waals surface area contributed by atoms with Crippen molar-refractivity contribution < 1.29 is 13.6 Å². The van der Waals surface area contributed by atoms with Crippen LogP contribution in [0.5, 0.6) is 0 Å². The highest BCUT2D eigenvalue weighted by atomic mass is 19.3. The van der Waals surface area contributed by atoms with Crippen molar-refractivity contribution in [1.29, 1.82) is 0 Å². The van der Waals surface area contributed by atoms with Crippen LogP contribution < -0.4 is 11.1 Å². The third-order valence-corrected chi connectivity index (χ3v) is 3.04. The summed E-state index contributed by atoms with van der Waals surface area (Å²) in [5.41, 5.74) is 5.81. The summed E-state index contributed by atoms with van der Waals surface area (Å²) in [4.78, 5) is 11.5. The van der Waals surface area contributed by atoms with Crippen molar-refractivity contribution in [3.05, 3.63) is 0 Å².